The van der Waals surface area contributed by atoms with Crippen molar-refractivity contribution >= 4 is 23.0 Å². The zero-order chi connectivity index (χ0) is 13.8. The lowest BCUT2D eigenvalue weighted by Gasteiger charge is -2.22. The number of nitro groups is 1. The number of alkyl halides is 1. The van der Waals surface area contributed by atoms with Crippen LogP contribution in [0.1, 0.15) is 12.0 Å². The molecule has 1 aromatic carbocycles. The van der Waals surface area contributed by atoms with E-state index in [0.717, 1.165) is 38.2 Å². The fourth-order valence-corrected chi connectivity index (χ4v) is 2.52. The predicted molar refractivity (Wildman–Crippen MR) is 77.0 cm³/mol. The van der Waals surface area contributed by atoms with Crippen LogP contribution in [0.15, 0.2) is 18.2 Å². The average molecular weight is 284 g/mol. The van der Waals surface area contributed by atoms with Gasteiger partial charge in [-0.3, -0.25) is 10.1 Å². The van der Waals surface area contributed by atoms with E-state index in [9.17, 15) is 10.1 Å². The molecule has 0 N–H and O–H groups in total. The van der Waals surface area contributed by atoms with Gasteiger partial charge in [0, 0.05) is 31.6 Å². The summed E-state index contributed by atoms with van der Waals surface area (Å²) in [5.41, 5.74) is 1.64. The quantitative estimate of drug-likeness (QED) is 0.486. The molecule has 0 amide bonds. The molecule has 0 aromatic heterocycles. The Balaban J connectivity index is 2.30. The minimum Gasteiger partial charge on any atom is -0.365 e. The topological polar surface area (TPSA) is 49.6 Å². The highest BCUT2D eigenvalue weighted by Gasteiger charge is 2.21. The van der Waals surface area contributed by atoms with E-state index in [-0.39, 0.29) is 10.6 Å². The molecule has 1 aromatic rings. The van der Waals surface area contributed by atoms with Crippen LogP contribution in [0, 0.1) is 10.1 Å². The summed E-state index contributed by atoms with van der Waals surface area (Å²) < 4.78 is 0. The molecule has 6 heteroatoms. The third-order valence-corrected chi connectivity index (χ3v) is 3.76. The zero-order valence-corrected chi connectivity index (χ0v) is 11.8. The molecule has 1 heterocycles. The molecular formula is C13H18ClN3O2. The fraction of sp³-hybridized carbons (Fsp3) is 0.538. The molecule has 5 nitrogen and oxygen atoms in total. The van der Waals surface area contributed by atoms with E-state index in [1.54, 1.807) is 6.07 Å². The second-order valence-corrected chi connectivity index (χ2v) is 5.12. The number of halogens is 1. The van der Waals surface area contributed by atoms with E-state index >= 15 is 0 Å². The molecule has 0 bridgehead atoms. The van der Waals surface area contributed by atoms with Gasteiger partial charge in [-0.15, -0.1) is 11.6 Å². The third-order valence-electron chi connectivity index (χ3n) is 3.45. The van der Waals surface area contributed by atoms with Crippen LogP contribution in [-0.2, 0) is 5.88 Å². The van der Waals surface area contributed by atoms with Crippen molar-refractivity contribution in [3.63, 3.8) is 0 Å². The highest BCUT2D eigenvalue weighted by atomic mass is 35.5. The Bertz CT molecular complexity index is 467. The van der Waals surface area contributed by atoms with Crippen LogP contribution in [0.25, 0.3) is 0 Å². The highest BCUT2D eigenvalue weighted by Crippen LogP contribution is 2.30. The van der Waals surface area contributed by atoms with Crippen molar-refractivity contribution in [1.82, 2.24) is 4.90 Å². The van der Waals surface area contributed by atoms with Gasteiger partial charge in [-0.2, -0.15) is 0 Å². The van der Waals surface area contributed by atoms with Crippen LogP contribution in [0.2, 0.25) is 0 Å². The van der Waals surface area contributed by atoms with Crippen LogP contribution in [0.5, 0.6) is 0 Å². The Morgan fingerprint density at radius 3 is 2.79 bits per heavy atom. The molecule has 0 radical (unpaired) electrons. The molecule has 0 aliphatic carbocycles. The second-order valence-electron chi connectivity index (χ2n) is 4.86. The number of anilines is 1. The first kappa shape index (κ1) is 14.1. The summed E-state index contributed by atoms with van der Waals surface area (Å²) in [4.78, 5) is 15.2. The number of nitrogens with zero attached hydrogens (tertiary/aromatic N) is 3. The largest absolute Gasteiger partial charge is 0.365 e. The standard InChI is InChI=1S/C13H18ClN3O2/c1-15-5-2-6-16(8-7-15)12-4-3-11(10-14)9-13(12)17(18)19/h3-4,9H,2,5-8,10H2,1H3. The molecule has 1 saturated heterocycles. The van der Waals surface area contributed by atoms with Crippen molar-refractivity contribution < 1.29 is 4.92 Å². The summed E-state index contributed by atoms with van der Waals surface area (Å²) in [5.74, 6) is 0.295. The Morgan fingerprint density at radius 2 is 2.11 bits per heavy atom. The van der Waals surface area contributed by atoms with Crippen molar-refractivity contribution in [2.24, 2.45) is 0 Å². The summed E-state index contributed by atoms with van der Waals surface area (Å²) in [7, 11) is 2.08. The van der Waals surface area contributed by atoms with Crippen LogP contribution >= 0.6 is 11.6 Å². The van der Waals surface area contributed by atoms with Crippen LogP contribution in [-0.4, -0.2) is 43.0 Å². The maximum atomic E-state index is 11.2. The summed E-state index contributed by atoms with van der Waals surface area (Å²) >= 11 is 5.74. The normalized spacial score (nSPS) is 17.3. The van der Waals surface area contributed by atoms with Gasteiger partial charge in [0.1, 0.15) is 5.69 Å². The summed E-state index contributed by atoms with van der Waals surface area (Å²) in [5, 5.41) is 11.2. The second kappa shape index (κ2) is 6.21. The lowest BCUT2D eigenvalue weighted by atomic mass is 10.1. The molecule has 1 fully saturated rings. The number of hydrogen-bond acceptors (Lipinski definition) is 4. The van der Waals surface area contributed by atoms with Crippen molar-refractivity contribution in [2.75, 3.05) is 38.1 Å². The SMILES string of the molecule is CN1CCCN(c2ccc(CCl)cc2[N+](=O)[O-])CC1. The van der Waals surface area contributed by atoms with Gasteiger partial charge in [0.25, 0.3) is 5.69 Å². The first-order valence-corrected chi connectivity index (χ1v) is 6.92. The smallest absolute Gasteiger partial charge is 0.292 e. The summed E-state index contributed by atoms with van der Waals surface area (Å²) in [6, 6.07) is 5.27. The summed E-state index contributed by atoms with van der Waals surface area (Å²) in [6.07, 6.45) is 1.02. The van der Waals surface area contributed by atoms with E-state index < -0.39 is 0 Å². The molecule has 0 unspecified atom stereocenters. The molecule has 104 valence electrons. The van der Waals surface area contributed by atoms with Gasteiger partial charge < -0.3 is 9.80 Å². The van der Waals surface area contributed by atoms with Gasteiger partial charge in [-0.05, 0) is 31.6 Å². The third kappa shape index (κ3) is 3.36. The molecule has 19 heavy (non-hydrogen) atoms. The molecule has 1 aliphatic heterocycles. The first-order chi connectivity index (χ1) is 9.11. The zero-order valence-electron chi connectivity index (χ0n) is 11.0. The van der Waals surface area contributed by atoms with Crippen molar-refractivity contribution in [3.05, 3.63) is 33.9 Å². The van der Waals surface area contributed by atoms with Gasteiger partial charge in [0.05, 0.1) is 4.92 Å². The molecular weight excluding hydrogens is 266 g/mol. The van der Waals surface area contributed by atoms with E-state index in [2.05, 4.69) is 16.8 Å². The Hall–Kier alpha value is -1.33. The molecule has 2 rings (SSSR count). The Kier molecular flexibility index (Phi) is 4.61. The van der Waals surface area contributed by atoms with Gasteiger partial charge in [-0.1, -0.05) is 6.07 Å². The fourth-order valence-electron chi connectivity index (χ4n) is 2.35. The molecule has 0 atom stereocenters. The highest BCUT2D eigenvalue weighted by molar-refractivity contribution is 6.17. The molecule has 0 spiro atoms. The first-order valence-electron chi connectivity index (χ1n) is 6.38. The lowest BCUT2D eigenvalue weighted by Crippen LogP contribution is -2.29. The summed E-state index contributed by atoms with van der Waals surface area (Å²) in [6.45, 7) is 3.63. The maximum Gasteiger partial charge on any atom is 0.292 e. The predicted octanol–water partition coefficient (Wildman–Crippen LogP) is 2.48. The van der Waals surface area contributed by atoms with Crippen LogP contribution in [0.4, 0.5) is 11.4 Å². The molecule has 1 aliphatic rings. The van der Waals surface area contributed by atoms with E-state index in [1.165, 1.54) is 0 Å². The Labute approximate surface area is 117 Å². The van der Waals surface area contributed by atoms with Gasteiger partial charge in [0.2, 0.25) is 0 Å². The Morgan fingerprint density at radius 1 is 1.32 bits per heavy atom. The minimum atomic E-state index is -0.319. The van der Waals surface area contributed by atoms with E-state index in [0.29, 0.717) is 11.6 Å². The van der Waals surface area contributed by atoms with Crippen LogP contribution < -0.4 is 4.90 Å². The lowest BCUT2D eigenvalue weighted by molar-refractivity contribution is -0.384. The molecule has 0 saturated carbocycles. The van der Waals surface area contributed by atoms with E-state index in [1.807, 2.05) is 12.1 Å². The monoisotopic (exact) mass is 283 g/mol. The van der Waals surface area contributed by atoms with Gasteiger partial charge >= 0.3 is 0 Å². The number of nitro benzene ring substituents is 1. The number of likely N-dealkylation sites (N-methyl/N-ethyl adjacent to an activating group) is 1. The maximum absolute atomic E-state index is 11.2. The van der Waals surface area contributed by atoms with Crippen molar-refractivity contribution in [3.8, 4) is 0 Å². The van der Waals surface area contributed by atoms with Crippen LogP contribution in [0.3, 0.4) is 0 Å². The average Bonchev–Trinajstić information content (AvgIpc) is 2.62. The van der Waals surface area contributed by atoms with Crippen molar-refractivity contribution in [1.29, 1.82) is 0 Å². The number of rotatable bonds is 3. The van der Waals surface area contributed by atoms with Gasteiger partial charge in [0.15, 0.2) is 0 Å². The van der Waals surface area contributed by atoms with Gasteiger partial charge in [-0.25, -0.2) is 0 Å². The number of benzene rings is 1. The van der Waals surface area contributed by atoms with E-state index in [4.69, 9.17) is 11.6 Å². The minimum absolute atomic E-state index is 0.155. The number of hydrogen-bond donors (Lipinski definition) is 0. The van der Waals surface area contributed by atoms with Crippen molar-refractivity contribution in [2.45, 2.75) is 12.3 Å².